The number of phenols is 1. The van der Waals surface area contributed by atoms with Gasteiger partial charge >= 0.3 is 6.18 Å². The van der Waals surface area contributed by atoms with Crippen LogP contribution in [0.1, 0.15) is 5.56 Å². The molecular weight excluding hydrogens is 269 g/mol. The molecule has 0 aliphatic heterocycles. The first-order chi connectivity index (χ1) is 9.27. The van der Waals surface area contributed by atoms with Crippen molar-refractivity contribution in [3.05, 3.63) is 42.0 Å². The average Bonchev–Trinajstić information content (AvgIpc) is 2.38. The highest BCUT2D eigenvalue weighted by molar-refractivity contribution is 5.63. The lowest BCUT2D eigenvalue weighted by Gasteiger charge is -2.16. The monoisotopic (exact) mass is 282 g/mol. The van der Waals surface area contributed by atoms with Gasteiger partial charge in [0.2, 0.25) is 0 Å². The summed E-state index contributed by atoms with van der Waals surface area (Å²) in [5.41, 5.74) is -0.0280. The summed E-state index contributed by atoms with van der Waals surface area (Å²) >= 11 is 0. The number of hydrogen-bond acceptors (Lipinski definition) is 3. The molecule has 3 nitrogen and oxygen atoms in total. The molecule has 0 unspecified atom stereocenters. The summed E-state index contributed by atoms with van der Waals surface area (Å²) in [4.78, 5) is 5.70. The summed E-state index contributed by atoms with van der Waals surface area (Å²) < 4.78 is 38.7. The van der Waals surface area contributed by atoms with Crippen molar-refractivity contribution in [1.29, 1.82) is 0 Å². The van der Waals surface area contributed by atoms with Crippen LogP contribution in [0.5, 0.6) is 5.75 Å². The van der Waals surface area contributed by atoms with Gasteiger partial charge in [0, 0.05) is 19.7 Å². The van der Waals surface area contributed by atoms with Crippen LogP contribution in [0.3, 0.4) is 0 Å². The third kappa shape index (κ3) is 3.01. The molecule has 0 saturated heterocycles. The van der Waals surface area contributed by atoms with E-state index in [9.17, 15) is 18.3 Å². The van der Waals surface area contributed by atoms with Gasteiger partial charge in [0.05, 0.1) is 11.3 Å². The summed E-state index contributed by atoms with van der Waals surface area (Å²) in [6.45, 7) is 0. The maximum atomic E-state index is 12.9. The second kappa shape index (κ2) is 5.03. The molecule has 0 radical (unpaired) electrons. The Bertz CT molecular complexity index is 607. The largest absolute Gasteiger partial charge is 0.508 e. The number of benzene rings is 1. The van der Waals surface area contributed by atoms with Gasteiger partial charge in [0.25, 0.3) is 0 Å². The quantitative estimate of drug-likeness (QED) is 0.915. The van der Waals surface area contributed by atoms with Crippen molar-refractivity contribution in [1.82, 2.24) is 4.98 Å². The molecule has 2 aromatic rings. The van der Waals surface area contributed by atoms with Gasteiger partial charge in [0.1, 0.15) is 11.6 Å². The van der Waals surface area contributed by atoms with Crippen LogP contribution in [0.15, 0.2) is 36.4 Å². The van der Waals surface area contributed by atoms with E-state index in [0.717, 1.165) is 12.1 Å². The van der Waals surface area contributed by atoms with Crippen molar-refractivity contribution in [2.24, 2.45) is 0 Å². The molecule has 0 amide bonds. The van der Waals surface area contributed by atoms with Crippen LogP contribution in [0.2, 0.25) is 0 Å². The molecule has 1 aromatic heterocycles. The fourth-order valence-electron chi connectivity index (χ4n) is 1.69. The maximum absolute atomic E-state index is 12.9. The Morgan fingerprint density at radius 2 is 1.65 bits per heavy atom. The molecule has 0 atom stereocenters. The van der Waals surface area contributed by atoms with Crippen LogP contribution in [-0.2, 0) is 6.18 Å². The van der Waals surface area contributed by atoms with Gasteiger partial charge in [-0.05, 0) is 36.4 Å². The highest BCUT2D eigenvalue weighted by Crippen LogP contribution is 2.34. The molecule has 6 heteroatoms. The lowest BCUT2D eigenvalue weighted by molar-refractivity contribution is -0.137. The number of alkyl halides is 3. The van der Waals surface area contributed by atoms with E-state index < -0.39 is 11.7 Å². The Morgan fingerprint density at radius 3 is 2.15 bits per heavy atom. The minimum Gasteiger partial charge on any atom is -0.508 e. The smallest absolute Gasteiger partial charge is 0.416 e. The Kier molecular flexibility index (Phi) is 3.57. The lowest BCUT2D eigenvalue weighted by atomic mass is 10.1. The molecule has 20 heavy (non-hydrogen) atoms. The van der Waals surface area contributed by atoms with Gasteiger partial charge in [-0.1, -0.05) is 0 Å². The van der Waals surface area contributed by atoms with Gasteiger partial charge < -0.3 is 10.0 Å². The molecule has 0 aliphatic carbocycles. The van der Waals surface area contributed by atoms with Crippen LogP contribution in [0.25, 0.3) is 11.3 Å². The van der Waals surface area contributed by atoms with Crippen molar-refractivity contribution in [2.75, 3.05) is 19.0 Å². The topological polar surface area (TPSA) is 36.4 Å². The minimum atomic E-state index is -4.43. The van der Waals surface area contributed by atoms with Gasteiger partial charge in [-0.15, -0.1) is 0 Å². The van der Waals surface area contributed by atoms with Crippen molar-refractivity contribution in [3.63, 3.8) is 0 Å². The third-order valence-corrected chi connectivity index (χ3v) is 2.76. The van der Waals surface area contributed by atoms with Crippen LogP contribution in [0, 0.1) is 0 Å². The summed E-state index contributed by atoms with van der Waals surface area (Å²) in [5.74, 6) is 0.274. The van der Waals surface area contributed by atoms with Crippen molar-refractivity contribution in [3.8, 4) is 17.0 Å². The van der Waals surface area contributed by atoms with Crippen molar-refractivity contribution >= 4 is 5.82 Å². The highest BCUT2D eigenvalue weighted by atomic mass is 19.4. The molecule has 1 heterocycles. The number of aromatic hydroxyl groups is 1. The van der Waals surface area contributed by atoms with E-state index in [0.29, 0.717) is 5.56 Å². The van der Waals surface area contributed by atoms with Crippen LogP contribution >= 0.6 is 0 Å². The molecule has 106 valence electrons. The molecule has 0 bridgehead atoms. The first-order valence-corrected chi connectivity index (χ1v) is 5.83. The third-order valence-electron chi connectivity index (χ3n) is 2.76. The van der Waals surface area contributed by atoms with E-state index >= 15 is 0 Å². The number of rotatable bonds is 2. The standard InChI is InChI=1S/C14H13F3N2O/c1-19(2)13-8-10(14(15,16)17)7-12(18-13)9-3-5-11(20)6-4-9/h3-8,20H,1-2H3. The Balaban J connectivity index is 2.57. The minimum absolute atomic E-state index is 0.0496. The number of pyridine rings is 1. The number of hydrogen-bond donors (Lipinski definition) is 1. The molecule has 2 rings (SSSR count). The van der Waals surface area contributed by atoms with Crippen LogP contribution in [0.4, 0.5) is 19.0 Å². The Labute approximate surface area is 114 Å². The SMILES string of the molecule is CN(C)c1cc(C(F)(F)F)cc(-c2ccc(O)cc2)n1. The molecule has 1 aromatic carbocycles. The predicted molar refractivity (Wildman–Crippen MR) is 70.7 cm³/mol. The zero-order chi connectivity index (χ0) is 14.9. The number of halogens is 3. The molecule has 0 aliphatic rings. The van der Waals surface area contributed by atoms with Crippen molar-refractivity contribution < 1.29 is 18.3 Å². The van der Waals surface area contributed by atoms with Crippen LogP contribution < -0.4 is 4.90 Å². The fraction of sp³-hybridized carbons (Fsp3) is 0.214. The Hall–Kier alpha value is -2.24. The van der Waals surface area contributed by atoms with Gasteiger partial charge in [-0.25, -0.2) is 4.98 Å². The Morgan fingerprint density at radius 1 is 1.05 bits per heavy atom. The second-order valence-electron chi connectivity index (χ2n) is 4.54. The molecule has 0 spiro atoms. The van der Waals surface area contributed by atoms with E-state index in [2.05, 4.69) is 4.98 Å². The van der Waals surface area contributed by atoms with E-state index in [1.165, 1.54) is 29.2 Å². The first-order valence-electron chi connectivity index (χ1n) is 5.83. The van der Waals surface area contributed by atoms with E-state index in [1.807, 2.05) is 0 Å². The number of aromatic nitrogens is 1. The maximum Gasteiger partial charge on any atom is 0.416 e. The average molecular weight is 282 g/mol. The first kappa shape index (κ1) is 14.2. The van der Waals surface area contributed by atoms with Gasteiger partial charge in [0.15, 0.2) is 0 Å². The molecule has 0 fully saturated rings. The number of phenolic OH excluding ortho intramolecular Hbond substituents is 1. The van der Waals surface area contributed by atoms with Crippen molar-refractivity contribution in [2.45, 2.75) is 6.18 Å². The molecule has 0 saturated carbocycles. The van der Waals surface area contributed by atoms with Crippen LogP contribution in [-0.4, -0.2) is 24.2 Å². The molecule has 1 N–H and O–H groups in total. The fourth-order valence-corrected chi connectivity index (χ4v) is 1.69. The van der Waals surface area contributed by atoms with E-state index in [-0.39, 0.29) is 17.3 Å². The predicted octanol–water partition coefficient (Wildman–Crippen LogP) is 3.54. The van der Waals surface area contributed by atoms with Gasteiger partial charge in [-0.3, -0.25) is 0 Å². The zero-order valence-electron chi connectivity index (χ0n) is 10.9. The summed E-state index contributed by atoms with van der Waals surface area (Å²) in [6.07, 6.45) is -4.43. The summed E-state index contributed by atoms with van der Waals surface area (Å²) in [5, 5.41) is 9.22. The molecular formula is C14H13F3N2O. The number of nitrogens with zero attached hydrogens (tertiary/aromatic N) is 2. The number of anilines is 1. The summed E-state index contributed by atoms with van der Waals surface area (Å²) in [6, 6.07) is 7.87. The second-order valence-corrected chi connectivity index (χ2v) is 4.54. The highest BCUT2D eigenvalue weighted by Gasteiger charge is 2.32. The normalized spacial score (nSPS) is 11.4. The summed E-state index contributed by atoms with van der Waals surface area (Å²) in [7, 11) is 3.26. The van der Waals surface area contributed by atoms with Gasteiger partial charge in [-0.2, -0.15) is 13.2 Å². The van der Waals surface area contributed by atoms with E-state index in [4.69, 9.17) is 0 Å². The lowest BCUT2D eigenvalue weighted by Crippen LogP contribution is -2.14. The zero-order valence-corrected chi connectivity index (χ0v) is 10.9. The van der Waals surface area contributed by atoms with E-state index in [1.54, 1.807) is 14.1 Å².